The van der Waals surface area contributed by atoms with Gasteiger partial charge in [0.15, 0.2) is 0 Å². The molecule has 0 spiro atoms. The lowest BCUT2D eigenvalue weighted by Crippen LogP contribution is -2.61. The number of nitrogens with one attached hydrogen (secondary N) is 2. The normalized spacial score (nSPS) is 25.4. The SMILES string of the molecule is CCOC1CC(NCCNC(=O)N(C)C)C1(C)C. The molecule has 1 rings (SSSR count). The highest BCUT2D eigenvalue weighted by molar-refractivity contribution is 5.73. The number of rotatable bonds is 6. The first-order chi connectivity index (χ1) is 8.39. The molecule has 5 nitrogen and oxygen atoms in total. The van der Waals surface area contributed by atoms with E-state index in [1.165, 1.54) is 0 Å². The highest BCUT2D eigenvalue weighted by atomic mass is 16.5. The lowest BCUT2D eigenvalue weighted by Gasteiger charge is -2.52. The van der Waals surface area contributed by atoms with Crippen LogP contribution in [0.2, 0.25) is 0 Å². The molecule has 0 bridgehead atoms. The first-order valence-corrected chi connectivity index (χ1v) is 6.69. The Balaban J connectivity index is 2.16. The molecular weight excluding hydrogens is 230 g/mol. The molecule has 2 N–H and O–H groups in total. The van der Waals surface area contributed by atoms with E-state index in [4.69, 9.17) is 4.74 Å². The summed E-state index contributed by atoms with van der Waals surface area (Å²) < 4.78 is 5.68. The Labute approximate surface area is 110 Å². The fourth-order valence-electron chi connectivity index (χ4n) is 2.29. The van der Waals surface area contributed by atoms with Gasteiger partial charge in [-0.05, 0) is 13.3 Å². The maximum absolute atomic E-state index is 11.3. The van der Waals surface area contributed by atoms with Gasteiger partial charge >= 0.3 is 6.03 Å². The number of urea groups is 1. The quantitative estimate of drug-likeness (QED) is 0.699. The van der Waals surface area contributed by atoms with E-state index in [0.717, 1.165) is 19.6 Å². The fourth-order valence-corrected chi connectivity index (χ4v) is 2.29. The Morgan fingerprint density at radius 1 is 1.39 bits per heavy atom. The average molecular weight is 257 g/mol. The van der Waals surface area contributed by atoms with Gasteiger partial charge in [-0.3, -0.25) is 0 Å². The number of hydrogen-bond acceptors (Lipinski definition) is 3. The van der Waals surface area contributed by atoms with Gasteiger partial charge in [0.2, 0.25) is 0 Å². The second kappa shape index (κ2) is 6.38. The van der Waals surface area contributed by atoms with Crippen molar-refractivity contribution in [3.63, 3.8) is 0 Å². The van der Waals surface area contributed by atoms with Crippen molar-refractivity contribution >= 4 is 6.03 Å². The zero-order valence-electron chi connectivity index (χ0n) is 12.2. The number of ether oxygens (including phenoxy) is 1. The summed E-state index contributed by atoms with van der Waals surface area (Å²) in [6.45, 7) is 8.72. The highest BCUT2D eigenvalue weighted by Gasteiger charge is 2.48. The van der Waals surface area contributed by atoms with Crippen LogP contribution in [0.1, 0.15) is 27.2 Å². The number of hydrogen-bond donors (Lipinski definition) is 2. The van der Waals surface area contributed by atoms with E-state index in [1.807, 2.05) is 6.92 Å². The molecule has 0 heterocycles. The molecule has 1 saturated carbocycles. The molecule has 0 aliphatic heterocycles. The van der Waals surface area contributed by atoms with Crippen molar-refractivity contribution in [2.45, 2.75) is 39.3 Å². The standard InChI is InChI=1S/C13H27N3O2/c1-6-18-11-9-10(13(11,2)3)14-7-8-15-12(17)16(4)5/h10-11,14H,6-9H2,1-5H3,(H,15,17). The second-order valence-corrected chi connectivity index (χ2v) is 5.63. The van der Waals surface area contributed by atoms with E-state index in [0.29, 0.717) is 18.7 Å². The minimum Gasteiger partial charge on any atom is -0.378 e. The summed E-state index contributed by atoms with van der Waals surface area (Å²) in [5, 5.41) is 6.32. The predicted molar refractivity (Wildman–Crippen MR) is 72.7 cm³/mol. The average Bonchev–Trinajstić information content (AvgIpc) is 2.31. The van der Waals surface area contributed by atoms with Crippen LogP contribution >= 0.6 is 0 Å². The van der Waals surface area contributed by atoms with Gasteiger partial charge in [0.25, 0.3) is 0 Å². The first-order valence-electron chi connectivity index (χ1n) is 6.69. The Bertz CT molecular complexity index is 279. The molecule has 0 saturated heterocycles. The number of nitrogens with zero attached hydrogens (tertiary/aromatic N) is 1. The van der Waals surface area contributed by atoms with E-state index in [9.17, 15) is 4.79 Å². The summed E-state index contributed by atoms with van der Waals surface area (Å²) in [6, 6.07) is 0.433. The van der Waals surface area contributed by atoms with Crippen LogP contribution in [0, 0.1) is 5.41 Å². The molecule has 18 heavy (non-hydrogen) atoms. The molecule has 2 amide bonds. The summed E-state index contributed by atoms with van der Waals surface area (Å²) in [7, 11) is 3.48. The monoisotopic (exact) mass is 257 g/mol. The van der Waals surface area contributed by atoms with Crippen molar-refractivity contribution in [1.82, 2.24) is 15.5 Å². The minimum absolute atomic E-state index is 0.0446. The largest absolute Gasteiger partial charge is 0.378 e. The van der Waals surface area contributed by atoms with Crippen molar-refractivity contribution in [3.8, 4) is 0 Å². The Hall–Kier alpha value is -0.810. The van der Waals surface area contributed by atoms with E-state index >= 15 is 0 Å². The van der Waals surface area contributed by atoms with Crippen LogP contribution in [0.15, 0.2) is 0 Å². The third kappa shape index (κ3) is 3.59. The number of amides is 2. The first kappa shape index (κ1) is 15.2. The van der Waals surface area contributed by atoms with Gasteiger partial charge in [0.1, 0.15) is 0 Å². The van der Waals surface area contributed by atoms with Crippen LogP contribution in [0.4, 0.5) is 4.79 Å². The van der Waals surface area contributed by atoms with Gasteiger partial charge in [0, 0.05) is 45.2 Å². The van der Waals surface area contributed by atoms with E-state index in [2.05, 4.69) is 24.5 Å². The van der Waals surface area contributed by atoms with Crippen LogP contribution in [0.5, 0.6) is 0 Å². The Morgan fingerprint density at radius 2 is 2.06 bits per heavy atom. The Kier molecular flexibility index (Phi) is 5.41. The van der Waals surface area contributed by atoms with Crippen LogP contribution in [0.3, 0.4) is 0 Å². The van der Waals surface area contributed by atoms with Crippen LogP contribution in [-0.4, -0.2) is 56.9 Å². The molecule has 5 heteroatoms. The van der Waals surface area contributed by atoms with Crippen molar-refractivity contribution in [1.29, 1.82) is 0 Å². The van der Waals surface area contributed by atoms with Gasteiger partial charge in [-0.1, -0.05) is 13.8 Å². The van der Waals surface area contributed by atoms with Gasteiger partial charge < -0.3 is 20.3 Å². The predicted octanol–water partition coefficient (Wildman–Crippen LogP) is 1.05. The number of carbonyl (C=O) groups is 1. The topological polar surface area (TPSA) is 53.6 Å². The number of carbonyl (C=O) groups excluding carboxylic acids is 1. The maximum Gasteiger partial charge on any atom is 0.316 e. The lowest BCUT2D eigenvalue weighted by molar-refractivity contribution is -0.113. The third-order valence-electron chi connectivity index (χ3n) is 3.74. The summed E-state index contributed by atoms with van der Waals surface area (Å²) in [6.07, 6.45) is 1.42. The summed E-state index contributed by atoms with van der Waals surface area (Å²) in [5.41, 5.74) is 0.182. The van der Waals surface area contributed by atoms with E-state index in [-0.39, 0.29) is 11.4 Å². The van der Waals surface area contributed by atoms with Gasteiger partial charge in [-0.15, -0.1) is 0 Å². The summed E-state index contributed by atoms with van der Waals surface area (Å²) in [5.74, 6) is 0. The van der Waals surface area contributed by atoms with Crippen molar-refractivity contribution in [3.05, 3.63) is 0 Å². The molecule has 1 aliphatic rings. The van der Waals surface area contributed by atoms with Crippen LogP contribution in [0.25, 0.3) is 0 Å². The van der Waals surface area contributed by atoms with Crippen molar-refractivity contribution in [2.75, 3.05) is 33.8 Å². The zero-order valence-corrected chi connectivity index (χ0v) is 12.2. The summed E-state index contributed by atoms with van der Waals surface area (Å²) >= 11 is 0. The molecule has 1 fully saturated rings. The lowest BCUT2D eigenvalue weighted by atomic mass is 9.64. The molecular formula is C13H27N3O2. The highest BCUT2D eigenvalue weighted by Crippen LogP contribution is 2.42. The van der Waals surface area contributed by atoms with E-state index < -0.39 is 0 Å². The van der Waals surface area contributed by atoms with Gasteiger partial charge in [-0.2, -0.15) is 0 Å². The smallest absolute Gasteiger partial charge is 0.316 e. The van der Waals surface area contributed by atoms with E-state index in [1.54, 1.807) is 19.0 Å². The zero-order chi connectivity index (χ0) is 13.8. The maximum atomic E-state index is 11.3. The molecule has 0 aromatic heterocycles. The van der Waals surface area contributed by atoms with Crippen molar-refractivity contribution < 1.29 is 9.53 Å². The molecule has 2 atom stereocenters. The molecule has 0 aromatic rings. The third-order valence-corrected chi connectivity index (χ3v) is 3.74. The van der Waals surface area contributed by atoms with Gasteiger partial charge in [-0.25, -0.2) is 4.79 Å². The van der Waals surface area contributed by atoms with Crippen LogP contribution < -0.4 is 10.6 Å². The van der Waals surface area contributed by atoms with Crippen molar-refractivity contribution in [2.24, 2.45) is 5.41 Å². The van der Waals surface area contributed by atoms with Gasteiger partial charge in [0.05, 0.1) is 6.10 Å². The minimum atomic E-state index is -0.0446. The second-order valence-electron chi connectivity index (χ2n) is 5.63. The molecule has 2 unspecified atom stereocenters. The van der Waals surface area contributed by atoms with Crippen LogP contribution in [-0.2, 0) is 4.74 Å². The molecule has 1 aliphatic carbocycles. The Morgan fingerprint density at radius 3 is 2.56 bits per heavy atom. The summed E-state index contributed by atoms with van der Waals surface area (Å²) in [4.78, 5) is 12.8. The molecule has 0 radical (unpaired) electrons. The molecule has 106 valence electrons. The molecule has 0 aromatic carbocycles. The fraction of sp³-hybridized carbons (Fsp3) is 0.923.